The lowest BCUT2D eigenvalue weighted by Crippen LogP contribution is -2.08. The molecule has 0 aliphatic heterocycles. The average molecular weight is 497 g/mol. The number of hydrogen-bond acceptors (Lipinski definition) is 9. The zero-order valence-electron chi connectivity index (χ0n) is 16.5. The Morgan fingerprint density at radius 1 is 1.12 bits per heavy atom. The fraction of sp³-hybridized carbons (Fsp3) is 0.105. The van der Waals surface area contributed by atoms with E-state index in [2.05, 4.69) is 25.6 Å². The van der Waals surface area contributed by atoms with Gasteiger partial charge in [-0.25, -0.2) is 15.0 Å². The number of ether oxygens (including phenoxy) is 1. The van der Waals surface area contributed by atoms with Crippen LogP contribution in [0.4, 0.5) is 41.3 Å². The summed E-state index contributed by atoms with van der Waals surface area (Å²) in [5.41, 5.74) is -1.14. The first-order chi connectivity index (χ1) is 15.7. The normalized spacial score (nSPS) is 11.4. The van der Waals surface area contributed by atoms with Gasteiger partial charge in [-0.1, -0.05) is 22.9 Å². The van der Waals surface area contributed by atoms with Crippen LogP contribution in [0.15, 0.2) is 42.7 Å². The maximum atomic E-state index is 13.1. The molecule has 0 aliphatic rings. The first-order valence-electron chi connectivity index (χ1n) is 9.00. The van der Waals surface area contributed by atoms with E-state index in [1.807, 2.05) is 0 Å². The van der Waals surface area contributed by atoms with Crippen LogP contribution in [0.2, 0.25) is 5.02 Å². The summed E-state index contributed by atoms with van der Waals surface area (Å²) in [7, 11) is 1.52. The lowest BCUT2D eigenvalue weighted by molar-refractivity contribution is -0.383. The van der Waals surface area contributed by atoms with Crippen molar-refractivity contribution in [1.29, 1.82) is 0 Å². The predicted octanol–water partition coefficient (Wildman–Crippen LogP) is 6.16. The van der Waals surface area contributed by atoms with Gasteiger partial charge in [0, 0.05) is 0 Å². The minimum atomic E-state index is -4.62. The van der Waals surface area contributed by atoms with Crippen LogP contribution in [0.25, 0.3) is 10.2 Å². The van der Waals surface area contributed by atoms with Crippen molar-refractivity contribution in [2.45, 2.75) is 6.18 Å². The van der Waals surface area contributed by atoms with Crippen molar-refractivity contribution in [1.82, 2.24) is 15.0 Å². The molecule has 170 valence electrons. The SMILES string of the molecule is COc1ccc2nc(Nc3ncnc(Nc4cc(C(F)(F)F)ccc4Cl)c3[N+](=O)[O-])sc2c1. The molecule has 9 nitrogen and oxygen atoms in total. The van der Waals surface area contributed by atoms with Crippen molar-refractivity contribution < 1.29 is 22.8 Å². The zero-order chi connectivity index (χ0) is 23.8. The molecular formula is C19H12ClF3N6O3S. The fourth-order valence-electron chi connectivity index (χ4n) is 2.85. The molecule has 4 rings (SSSR count). The molecule has 33 heavy (non-hydrogen) atoms. The molecule has 2 heterocycles. The van der Waals surface area contributed by atoms with Gasteiger partial charge in [0.15, 0.2) is 5.13 Å². The number of rotatable bonds is 6. The van der Waals surface area contributed by atoms with Gasteiger partial charge in [-0.15, -0.1) is 0 Å². The first-order valence-corrected chi connectivity index (χ1v) is 10.2. The van der Waals surface area contributed by atoms with E-state index in [4.69, 9.17) is 16.3 Å². The largest absolute Gasteiger partial charge is 0.497 e. The third-order valence-corrected chi connectivity index (χ3v) is 5.64. The predicted molar refractivity (Wildman–Crippen MR) is 118 cm³/mol. The standard InChI is InChI=1S/C19H12ClF3N6O3S/c1-32-10-3-5-12-14(7-10)33-18(27-12)28-17-15(29(30)31)16(24-8-25-17)26-13-6-9(19(21,22)23)2-4-11(13)20/h2-8H,1H3,(H2,24,25,26,27,28). The van der Waals surface area contributed by atoms with Gasteiger partial charge in [0.1, 0.15) is 12.1 Å². The summed E-state index contributed by atoms with van der Waals surface area (Å²) < 4.78 is 45.1. The maximum Gasteiger partial charge on any atom is 0.416 e. The summed E-state index contributed by atoms with van der Waals surface area (Å²) in [4.78, 5) is 23.1. The van der Waals surface area contributed by atoms with E-state index >= 15 is 0 Å². The van der Waals surface area contributed by atoms with Crippen LogP contribution in [0, 0.1) is 10.1 Å². The molecule has 4 aromatic rings. The number of aromatic nitrogens is 3. The number of anilines is 4. The van der Waals surface area contributed by atoms with Crippen LogP contribution in [0.3, 0.4) is 0 Å². The van der Waals surface area contributed by atoms with E-state index in [1.54, 1.807) is 18.2 Å². The Morgan fingerprint density at radius 2 is 1.85 bits per heavy atom. The number of benzene rings is 2. The van der Waals surface area contributed by atoms with Crippen molar-refractivity contribution in [3.05, 3.63) is 63.4 Å². The van der Waals surface area contributed by atoms with Crippen molar-refractivity contribution in [2.24, 2.45) is 0 Å². The number of thiazole rings is 1. The maximum absolute atomic E-state index is 13.1. The van der Waals surface area contributed by atoms with Crippen LogP contribution in [-0.4, -0.2) is 27.0 Å². The van der Waals surface area contributed by atoms with E-state index in [9.17, 15) is 23.3 Å². The Kier molecular flexibility index (Phi) is 5.91. The summed E-state index contributed by atoms with van der Waals surface area (Å²) in [6.45, 7) is 0. The fourth-order valence-corrected chi connectivity index (χ4v) is 3.90. The molecule has 0 unspecified atom stereocenters. The van der Waals surface area contributed by atoms with Crippen molar-refractivity contribution in [2.75, 3.05) is 17.7 Å². The Bertz CT molecular complexity index is 1360. The Hall–Kier alpha value is -3.71. The van der Waals surface area contributed by atoms with Gasteiger partial charge in [-0.2, -0.15) is 13.2 Å². The number of hydrogen-bond donors (Lipinski definition) is 2. The molecule has 0 saturated carbocycles. The number of halogens is 4. The van der Waals surface area contributed by atoms with Gasteiger partial charge in [-0.3, -0.25) is 10.1 Å². The van der Waals surface area contributed by atoms with Crippen molar-refractivity contribution in [3.8, 4) is 5.75 Å². The minimum Gasteiger partial charge on any atom is -0.497 e. The van der Waals surface area contributed by atoms with Crippen LogP contribution in [0.1, 0.15) is 5.56 Å². The Morgan fingerprint density at radius 3 is 2.52 bits per heavy atom. The second kappa shape index (κ2) is 8.67. The van der Waals surface area contributed by atoms with Crippen LogP contribution < -0.4 is 15.4 Å². The molecule has 0 aliphatic carbocycles. The van der Waals surface area contributed by atoms with Crippen molar-refractivity contribution in [3.63, 3.8) is 0 Å². The van der Waals surface area contributed by atoms with Crippen LogP contribution >= 0.6 is 22.9 Å². The third-order valence-electron chi connectivity index (χ3n) is 4.37. The topological polar surface area (TPSA) is 115 Å². The zero-order valence-corrected chi connectivity index (χ0v) is 18.0. The molecular weight excluding hydrogens is 485 g/mol. The van der Waals surface area contributed by atoms with Gasteiger partial charge in [0.25, 0.3) is 0 Å². The number of fused-ring (bicyclic) bond motifs is 1. The highest BCUT2D eigenvalue weighted by atomic mass is 35.5. The quantitative estimate of drug-likeness (QED) is 0.241. The number of alkyl halides is 3. The molecule has 0 bridgehead atoms. The molecule has 14 heteroatoms. The summed E-state index contributed by atoms with van der Waals surface area (Å²) in [6, 6.07) is 7.79. The second-order valence-corrected chi connectivity index (χ2v) is 7.91. The second-order valence-electron chi connectivity index (χ2n) is 6.47. The molecule has 0 atom stereocenters. The number of nitro groups is 1. The third kappa shape index (κ3) is 4.73. The highest BCUT2D eigenvalue weighted by molar-refractivity contribution is 7.22. The van der Waals surface area contributed by atoms with Crippen LogP contribution in [-0.2, 0) is 6.18 Å². The van der Waals surface area contributed by atoms with Gasteiger partial charge < -0.3 is 15.4 Å². The highest BCUT2D eigenvalue weighted by Crippen LogP contribution is 2.39. The summed E-state index contributed by atoms with van der Waals surface area (Å²) in [5, 5.41) is 17.3. The Labute approximate surface area is 192 Å². The van der Waals surface area contributed by atoms with E-state index in [0.717, 1.165) is 29.2 Å². The molecule has 2 aromatic heterocycles. The van der Waals surface area contributed by atoms with Crippen molar-refractivity contribution >= 4 is 61.3 Å². The number of nitrogens with one attached hydrogen (secondary N) is 2. The average Bonchev–Trinajstić information content (AvgIpc) is 3.15. The van der Waals surface area contributed by atoms with Gasteiger partial charge in [0.2, 0.25) is 11.6 Å². The molecule has 0 saturated heterocycles. The lowest BCUT2D eigenvalue weighted by Gasteiger charge is -2.13. The van der Waals surface area contributed by atoms with E-state index in [-0.39, 0.29) is 22.3 Å². The molecule has 2 N–H and O–H groups in total. The van der Waals surface area contributed by atoms with E-state index in [1.165, 1.54) is 18.4 Å². The lowest BCUT2D eigenvalue weighted by atomic mass is 10.2. The monoisotopic (exact) mass is 496 g/mol. The van der Waals surface area contributed by atoms with Gasteiger partial charge in [-0.05, 0) is 36.4 Å². The number of methoxy groups -OCH3 is 1. The molecule has 0 amide bonds. The summed E-state index contributed by atoms with van der Waals surface area (Å²) in [6.07, 6.45) is -3.60. The van der Waals surface area contributed by atoms with Gasteiger partial charge >= 0.3 is 11.9 Å². The van der Waals surface area contributed by atoms with E-state index in [0.29, 0.717) is 16.4 Å². The molecule has 0 fully saturated rings. The molecule has 0 spiro atoms. The molecule has 0 radical (unpaired) electrons. The van der Waals surface area contributed by atoms with E-state index < -0.39 is 22.4 Å². The van der Waals surface area contributed by atoms with Crippen LogP contribution in [0.5, 0.6) is 5.75 Å². The first kappa shape index (κ1) is 22.5. The highest BCUT2D eigenvalue weighted by Gasteiger charge is 2.31. The minimum absolute atomic E-state index is 0.0782. The Balaban J connectivity index is 1.71. The number of nitrogens with zero attached hydrogens (tertiary/aromatic N) is 4. The summed E-state index contributed by atoms with van der Waals surface area (Å²) >= 11 is 7.20. The molecule has 2 aromatic carbocycles. The van der Waals surface area contributed by atoms with Gasteiger partial charge in [0.05, 0.1) is 38.5 Å². The smallest absolute Gasteiger partial charge is 0.416 e. The summed E-state index contributed by atoms with van der Waals surface area (Å²) in [5.74, 6) is 0.0725.